The molecule has 0 saturated heterocycles. The fraction of sp³-hybridized carbons (Fsp3) is 0.125. The summed E-state index contributed by atoms with van der Waals surface area (Å²) in [6.45, 7) is 2.47. The van der Waals surface area contributed by atoms with E-state index in [1.807, 2.05) is 49.4 Å². The molecular weight excluding hydrogens is 278 g/mol. The van der Waals surface area contributed by atoms with Crippen LogP contribution in [0.25, 0.3) is 22.6 Å². The third-order valence-electron chi connectivity index (χ3n) is 3.57. The largest absolute Gasteiger partial charge is 0.316 e. The number of para-hydroxylation sites is 2. The number of nitrogens with zero attached hydrogens (tertiary/aromatic N) is 5. The van der Waals surface area contributed by atoms with Crippen LogP contribution in [-0.2, 0) is 6.54 Å². The van der Waals surface area contributed by atoms with Crippen molar-refractivity contribution < 1.29 is 4.63 Å². The summed E-state index contributed by atoms with van der Waals surface area (Å²) in [6.07, 6.45) is 1.79. The van der Waals surface area contributed by atoms with E-state index in [4.69, 9.17) is 4.63 Å². The van der Waals surface area contributed by atoms with E-state index < -0.39 is 0 Å². The highest BCUT2D eigenvalue weighted by atomic mass is 16.6. The topological polar surface area (TPSA) is 69.6 Å². The minimum Gasteiger partial charge on any atom is -0.316 e. The Bertz CT molecular complexity index is 926. The Morgan fingerprint density at radius 1 is 1.05 bits per heavy atom. The summed E-state index contributed by atoms with van der Waals surface area (Å²) < 4.78 is 6.92. The molecule has 0 unspecified atom stereocenters. The molecule has 3 heterocycles. The lowest BCUT2D eigenvalue weighted by atomic mass is 10.3. The van der Waals surface area contributed by atoms with Gasteiger partial charge in [-0.05, 0) is 36.3 Å². The van der Waals surface area contributed by atoms with Crippen LogP contribution in [0.1, 0.15) is 11.4 Å². The molecule has 1 aromatic carbocycles. The summed E-state index contributed by atoms with van der Waals surface area (Å²) in [4.78, 5) is 9.08. The molecule has 0 aliphatic heterocycles. The molecule has 0 spiro atoms. The van der Waals surface area contributed by atoms with Gasteiger partial charge in [-0.3, -0.25) is 4.98 Å². The number of aromatic nitrogens is 5. The van der Waals surface area contributed by atoms with E-state index >= 15 is 0 Å². The summed E-state index contributed by atoms with van der Waals surface area (Å²) in [7, 11) is 0. The van der Waals surface area contributed by atoms with Gasteiger partial charge < -0.3 is 4.57 Å². The minimum atomic E-state index is 0.614. The summed E-state index contributed by atoms with van der Waals surface area (Å²) in [5.74, 6) is 0.741. The third kappa shape index (κ3) is 2.05. The van der Waals surface area contributed by atoms with Crippen molar-refractivity contribution in [2.45, 2.75) is 13.5 Å². The zero-order valence-corrected chi connectivity index (χ0v) is 12.0. The molecule has 4 rings (SSSR count). The highest BCUT2D eigenvalue weighted by molar-refractivity contribution is 5.80. The zero-order valence-electron chi connectivity index (χ0n) is 12.0. The van der Waals surface area contributed by atoms with Crippen LogP contribution in [0.2, 0.25) is 0 Å². The maximum atomic E-state index is 4.83. The Morgan fingerprint density at radius 3 is 2.68 bits per heavy atom. The van der Waals surface area contributed by atoms with Gasteiger partial charge in [0.15, 0.2) is 11.5 Å². The highest BCUT2D eigenvalue weighted by Crippen LogP contribution is 2.25. The molecule has 6 nitrogen and oxygen atoms in total. The van der Waals surface area contributed by atoms with Crippen LogP contribution in [0.4, 0.5) is 0 Å². The second-order valence-electron chi connectivity index (χ2n) is 5.03. The molecule has 0 N–H and O–H groups in total. The molecule has 0 aliphatic carbocycles. The maximum absolute atomic E-state index is 4.83. The van der Waals surface area contributed by atoms with E-state index in [-0.39, 0.29) is 0 Å². The molecule has 108 valence electrons. The smallest absolute Gasteiger partial charge is 0.173 e. The van der Waals surface area contributed by atoms with E-state index in [9.17, 15) is 0 Å². The Kier molecular flexibility index (Phi) is 2.93. The van der Waals surface area contributed by atoms with Crippen molar-refractivity contribution in [3.63, 3.8) is 0 Å². The average Bonchev–Trinajstić information content (AvgIpc) is 3.12. The maximum Gasteiger partial charge on any atom is 0.173 e. The molecular formula is C16H13N5O. The molecule has 0 radical (unpaired) electrons. The second-order valence-corrected chi connectivity index (χ2v) is 5.03. The first-order valence-corrected chi connectivity index (χ1v) is 6.97. The van der Waals surface area contributed by atoms with Crippen molar-refractivity contribution in [1.82, 2.24) is 24.8 Å². The zero-order chi connectivity index (χ0) is 14.9. The Morgan fingerprint density at radius 2 is 1.91 bits per heavy atom. The molecule has 0 amide bonds. The average molecular weight is 291 g/mol. The quantitative estimate of drug-likeness (QED) is 0.580. The highest BCUT2D eigenvalue weighted by Gasteiger charge is 2.18. The summed E-state index contributed by atoms with van der Waals surface area (Å²) in [5, 5.41) is 7.85. The number of imidazole rings is 1. The van der Waals surface area contributed by atoms with Crippen molar-refractivity contribution in [2.75, 3.05) is 0 Å². The van der Waals surface area contributed by atoms with Crippen molar-refractivity contribution in [3.05, 3.63) is 60.0 Å². The van der Waals surface area contributed by atoms with Crippen molar-refractivity contribution >= 4 is 11.0 Å². The van der Waals surface area contributed by atoms with Gasteiger partial charge in [0.05, 0.1) is 23.3 Å². The van der Waals surface area contributed by atoms with Crippen molar-refractivity contribution in [2.24, 2.45) is 0 Å². The number of fused-ring (bicyclic) bond motifs is 1. The predicted molar refractivity (Wildman–Crippen MR) is 81.1 cm³/mol. The number of hydrogen-bond acceptors (Lipinski definition) is 5. The minimum absolute atomic E-state index is 0.614. The summed E-state index contributed by atoms with van der Waals surface area (Å²) in [6, 6.07) is 13.9. The van der Waals surface area contributed by atoms with Crippen LogP contribution in [0.5, 0.6) is 0 Å². The molecule has 22 heavy (non-hydrogen) atoms. The van der Waals surface area contributed by atoms with Crippen LogP contribution >= 0.6 is 0 Å². The van der Waals surface area contributed by atoms with Gasteiger partial charge in [-0.15, -0.1) is 0 Å². The van der Waals surface area contributed by atoms with Crippen LogP contribution in [0.3, 0.4) is 0 Å². The number of aryl methyl sites for hydroxylation is 1. The fourth-order valence-electron chi connectivity index (χ4n) is 2.50. The SMILES string of the molecule is Cc1nonc1-c1nc2ccccc2n1Cc1ccccn1. The summed E-state index contributed by atoms with van der Waals surface area (Å²) in [5.41, 5.74) is 4.28. The van der Waals surface area contributed by atoms with E-state index in [1.165, 1.54) is 0 Å². The molecule has 0 saturated carbocycles. The van der Waals surface area contributed by atoms with E-state index in [1.54, 1.807) is 6.20 Å². The van der Waals surface area contributed by atoms with Crippen LogP contribution < -0.4 is 0 Å². The molecule has 3 aromatic heterocycles. The Balaban J connectivity index is 1.93. The van der Waals surface area contributed by atoms with Gasteiger partial charge in [-0.2, -0.15) is 0 Å². The van der Waals surface area contributed by atoms with Crippen molar-refractivity contribution in [1.29, 1.82) is 0 Å². The van der Waals surface area contributed by atoms with Gasteiger partial charge in [0.25, 0.3) is 0 Å². The first-order chi connectivity index (χ1) is 10.8. The molecule has 0 aliphatic rings. The molecule has 0 bridgehead atoms. The lowest BCUT2D eigenvalue weighted by Gasteiger charge is -2.07. The van der Waals surface area contributed by atoms with Crippen LogP contribution in [0, 0.1) is 6.92 Å². The molecule has 4 aromatic rings. The van der Waals surface area contributed by atoms with Gasteiger partial charge in [-0.1, -0.05) is 23.4 Å². The summed E-state index contributed by atoms with van der Waals surface area (Å²) >= 11 is 0. The normalized spacial score (nSPS) is 11.1. The number of rotatable bonds is 3. The van der Waals surface area contributed by atoms with Gasteiger partial charge >= 0.3 is 0 Å². The van der Waals surface area contributed by atoms with Crippen LogP contribution in [-0.4, -0.2) is 24.8 Å². The Hall–Kier alpha value is -3.02. The van der Waals surface area contributed by atoms with Gasteiger partial charge in [0.2, 0.25) is 0 Å². The predicted octanol–water partition coefficient (Wildman–Crippen LogP) is 2.84. The third-order valence-corrected chi connectivity index (χ3v) is 3.57. The van der Waals surface area contributed by atoms with Gasteiger partial charge in [0.1, 0.15) is 5.69 Å². The lowest BCUT2D eigenvalue weighted by molar-refractivity contribution is 0.305. The van der Waals surface area contributed by atoms with Crippen LogP contribution in [0.15, 0.2) is 53.3 Å². The molecule has 0 atom stereocenters. The van der Waals surface area contributed by atoms with E-state index in [0.29, 0.717) is 12.2 Å². The second kappa shape index (κ2) is 5.07. The first-order valence-electron chi connectivity index (χ1n) is 6.97. The first kappa shape index (κ1) is 12.7. The standard InChI is InChI=1S/C16H13N5O/c1-11-15(20-22-19-11)16-18-13-7-2-3-8-14(13)21(16)10-12-6-4-5-9-17-12/h2-9H,10H2,1H3. The molecule has 0 fully saturated rings. The number of pyridine rings is 1. The molecule has 6 heteroatoms. The van der Waals surface area contributed by atoms with E-state index in [2.05, 4.69) is 24.8 Å². The number of hydrogen-bond donors (Lipinski definition) is 0. The lowest BCUT2D eigenvalue weighted by Crippen LogP contribution is -2.04. The Labute approximate surface area is 126 Å². The monoisotopic (exact) mass is 291 g/mol. The van der Waals surface area contributed by atoms with Crippen molar-refractivity contribution in [3.8, 4) is 11.5 Å². The van der Waals surface area contributed by atoms with Gasteiger partial charge in [0, 0.05) is 6.20 Å². The number of benzene rings is 1. The van der Waals surface area contributed by atoms with E-state index in [0.717, 1.165) is 28.2 Å². The fourth-order valence-corrected chi connectivity index (χ4v) is 2.50. The van der Waals surface area contributed by atoms with Gasteiger partial charge in [-0.25, -0.2) is 9.61 Å².